The molecule has 0 saturated carbocycles. The van der Waals surface area contributed by atoms with Crippen molar-refractivity contribution in [1.29, 1.82) is 0 Å². The first-order valence-electron chi connectivity index (χ1n) is 11.0. The SMILES string of the molecule is C=CC(=O)Nc1ccc(OC)c(Nc2nccc(-n3cc(CN(C)C)c(-c4ccccc4)n3)n2)c1. The fourth-order valence-corrected chi connectivity index (χ4v) is 3.56. The molecule has 2 aromatic carbocycles. The molecule has 0 saturated heterocycles. The zero-order valence-electron chi connectivity index (χ0n) is 19.9. The lowest BCUT2D eigenvalue weighted by Crippen LogP contribution is -2.10. The normalized spacial score (nSPS) is 10.7. The van der Waals surface area contributed by atoms with Gasteiger partial charge in [-0.2, -0.15) is 10.1 Å². The van der Waals surface area contributed by atoms with Crippen LogP contribution in [0, 0.1) is 0 Å². The standard InChI is InChI=1S/C26H27N7O2/c1-5-24(34)28-20-11-12-22(35-4)21(15-20)29-26-27-14-13-23(30-26)33-17-19(16-32(2)3)25(31-33)18-9-7-6-8-10-18/h5-15,17H,1,16H2,2-4H3,(H,28,34)(H,27,29,30). The Morgan fingerprint density at radius 2 is 1.97 bits per heavy atom. The molecule has 4 rings (SSSR count). The number of methoxy groups -OCH3 is 1. The van der Waals surface area contributed by atoms with Crippen LogP contribution < -0.4 is 15.4 Å². The molecule has 9 heteroatoms. The third-order valence-corrected chi connectivity index (χ3v) is 5.10. The van der Waals surface area contributed by atoms with Crippen LogP contribution in [0.15, 0.2) is 79.6 Å². The fraction of sp³-hybridized carbons (Fsp3) is 0.154. The van der Waals surface area contributed by atoms with E-state index in [0.29, 0.717) is 28.9 Å². The van der Waals surface area contributed by atoms with Crippen molar-refractivity contribution in [2.75, 3.05) is 31.8 Å². The van der Waals surface area contributed by atoms with Crippen LogP contribution in [0.4, 0.5) is 17.3 Å². The lowest BCUT2D eigenvalue weighted by molar-refractivity contribution is -0.111. The van der Waals surface area contributed by atoms with E-state index in [-0.39, 0.29) is 5.91 Å². The van der Waals surface area contributed by atoms with Crippen molar-refractivity contribution in [1.82, 2.24) is 24.6 Å². The predicted octanol–water partition coefficient (Wildman–Crippen LogP) is 4.27. The van der Waals surface area contributed by atoms with Gasteiger partial charge in [-0.1, -0.05) is 36.9 Å². The number of ether oxygens (including phenoxy) is 1. The maximum Gasteiger partial charge on any atom is 0.247 e. The molecule has 0 aliphatic carbocycles. The van der Waals surface area contributed by atoms with Crippen molar-refractivity contribution in [3.63, 3.8) is 0 Å². The van der Waals surface area contributed by atoms with Gasteiger partial charge in [0, 0.05) is 41.8 Å². The number of nitrogens with zero attached hydrogens (tertiary/aromatic N) is 5. The van der Waals surface area contributed by atoms with E-state index in [1.54, 1.807) is 42.3 Å². The highest BCUT2D eigenvalue weighted by Gasteiger charge is 2.15. The summed E-state index contributed by atoms with van der Waals surface area (Å²) in [7, 11) is 5.62. The van der Waals surface area contributed by atoms with Gasteiger partial charge in [-0.15, -0.1) is 0 Å². The van der Waals surface area contributed by atoms with Crippen LogP contribution in [0.3, 0.4) is 0 Å². The van der Waals surface area contributed by atoms with Gasteiger partial charge >= 0.3 is 0 Å². The van der Waals surface area contributed by atoms with Crippen molar-refractivity contribution >= 4 is 23.2 Å². The minimum Gasteiger partial charge on any atom is -0.495 e. The molecule has 0 aliphatic rings. The summed E-state index contributed by atoms with van der Waals surface area (Å²) in [5, 5.41) is 10.7. The van der Waals surface area contributed by atoms with Crippen molar-refractivity contribution in [2.45, 2.75) is 6.54 Å². The van der Waals surface area contributed by atoms with E-state index in [2.05, 4.69) is 32.1 Å². The molecule has 0 aliphatic heterocycles. The lowest BCUT2D eigenvalue weighted by Gasteiger charge is -2.12. The molecule has 0 bridgehead atoms. The minimum atomic E-state index is -0.305. The second-order valence-corrected chi connectivity index (χ2v) is 8.02. The van der Waals surface area contributed by atoms with Gasteiger partial charge in [0.15, 0.2) is 5.82 Å². The summed E-state index contributed by atoms with van der Waals surface area (Å²) >= 11 is 0. The number of rotatable bonds is 9. The van der Waals surface area contributed by atoms with E-state index in [1.165, 1.54) is 6.08 Å². The number of nitrogens with one attached hydrogen (secondary N) is 2. The average Bonchev–Trinajstić information content (AvgIpc) is 3.28. The van der Waals surface area contributed by atoms with Crippen LogP contribution in [0.5, 0.6) is 5.75 Å². The molecule has 9 nitrogen and oxygen atoms in total. The quantitative estimate of drug-likeness (QED) is 0.353. The van der Waals surface area contributed by atoms with Crippen LogP contribution in [-0.4, -0.2) is 51.8 Å². The van der Waals surface area contributed by atoms with Gasteiger partial charge in [0.05, 0.1) is 18.5 Å². The topological polar surface area (TPSA) is 97.2 Å². The number of amides is 1. The number of carbonyl (C=O) groups excluding carboxylic acids is 1. The zero-order chi connectivity index (χ0) is 24.8. The van der Waals surface area contributed by atoms with E-state index < -0.39 is 0 Å². The van der Waals surface area contributed by atoms with Gasteiger partial charge in [-0.25, -0.2) is 9.67 Å². The van der Waals surface area contributed by atoms with Crippen molar-refractivity contribution < 1.29 is 9.53 Å². The highest BCUT2D eigenvalue weighted by molar-refractivity contribution is 5.99. The van der Waals surface area contributed by atoms with Gasteiger partial charge in [0.1, 0.15) is 5.75 Å². The van der Waals surface area contributed by atoms with Crippen LogP contribution >= 0.6 is 0 Å². The molecule has 35 heavy (non-hydrogen) atoms. The Morgan fingerprint density at radius 1 is 1.17 bits per heavy atom. The Hall–Kier alpha value is -4.50. The van der Waals surface area contributed by atoms with E-state index in [9.17, 15) is 4.79 Å². The van der Waals surface area contributed by atoms with E-state index in [1.807, 2.05) is 50.6 Å². The zero-order valence-corrected chi connectivity index (χ0v) is 19.9. The van der Waals surface area contributed by atoms with Crippen LogP contribution in [0.25, 0.3) is 17.1 Å². The molecular weight excluding hydrogens is 442 g/mol. The monoisotopic (exact) mass is 469 g/mol. The van der Waals surface area contributed by atoms with Crippen molar-refractivity contribution in [3.05, 3.63) is 85.2 Å². The maximum absolute atomic E-state index is 11.7. The second-order valence-electron chi connectivity index (χ2n) is 8.02. The van der Waals surface area contributed by atoms with E-state index in [0.717, 1.165) is 23.4 Å². The number of anilines is 3. The number of hydrogen-bond acceptors (Lipinski definition) is 7. The molecule has 1 amide bonds. The molecule has 0 radical (unpaired) electrons. The van der Waals surface area contributed by atoms with Gasteiger partial charge < -0.3 is 20.3 Å². The van der Waals surface area contributed by atoms with Crippen molar-refractivity contribution in [3.8, 4) is 22.8 Å². The smallest absolute Gasteiger partial charge is 0.247 e. The first-order chi connectivity index (χ1) is 17.0. The lowest BCUT2D eigenvalue weighted by atomic mass is 10.1. The molecule has 4 aromatic rings. The van der Waals surface area contributed by atoms with Crippen molar-refractivity contribution in [2.24, 2.45) is 0 Å². The maximum atomic E-state index is 11.7. The molecule has 0 unspecified atom stereocenters. The molecule has 178 valence electrons. The molecule has 0 atom stereocenters. The van der Waals surface area contributed by atoms with Crippen LogP contribution in [-0.2, 0) is 11.3 Å². The third kappa shape index (κ3) is 5.71. The third-order valence-electron chi connectivity index (χ3n) is 5.10. The Bertz CT molecular complexity index is 1330. The average molecular weight is 470 g/mol. The summed E-state index contributed by atoms with van der Waals surface area (Å²) in [6, 6.07) is 17.1. The molecular formula is C26H27N7O2. The summed E-state index contributed by atoms with van der Waals surface area (Å²) < 4.78 is 7.21. The number of hydrogen-bond donors (Lipinski definition) is 2. The first-order valence-corrected chi connectivity index (χ1v) is 11.0. The first kappa shape index (κ1) is 23.7. The predicted molar refractivity (Wildman–Crippen MR) is 137 cm³/mol. The Kier molecular flexibility index (Phi) is 7.18. The number of carbonyl (C=O) groups is 1. The number of benzene rings is 2. The Balaban J connectivity index is 1.66. The fourth-order valence-electron chi connectivity index (χ4n) is 3.56. The molecule has 2 aromatic heterocycles. The second kappa shape index (κ2) is 10.6. The molecule has 2 N–H and O–H groups in total. The summed E-state index contributed by atoms with van der Waals surface area (Å²) in [6.07, 6.45) is 4.86. The van der Waals surface area contributed by atoms with Crippen LogP contribution in [0.1, 0.15) is 5.56 Å². The minimum absolute atomic E-state index is 0.305. The van der Waals surface area contributed by atoms with Gasteiger partial charge in [0.25, 0.3) is 0 Å². The highest BCUT2D eigenvalue weighted by atomic mass is 16.5. The van der Waals surface area contributed by atoms with Gasteiger partial charge in [0.2, 0.25) is 11.9 Å². The Labute approximate surface area is 204 Å². The number of aromatic nitrogens is 4. The summed E-state index contributed by atoms with van der Waals surface area (Å²) in [4.78, 5) is 22.8. The van der Waals surface area contributed by atoms with Crippen LogP contribution in [0.2, 0.25) is 0 Å². The Morgan fingerprint density at radius 3 is 2.69 bits per heavy atom. The van der Waals surface area contributed by atoms with Gasteiger partial charge in [-0.3, -0.25) is 4.79 Å². The van der Waals surface area contributed by atoms with Gasteiger partial charge in [-0.05, 0) is 38.4 Å². The molecule has 0 fully saturated rings. The highest BCUT2D eigenvalue weighted by Crippen LogP contribution is 2.30. The summed E-state index contributed by atoms with van der Waals surface area (Å²) in [6.45, 7) is 4.22. The summed E-state index contributed by atoms with van der Waals surface area (Å²) in [5.74, 6) is 1.24. The van der Waals surface area contributed by atoms with E-state index >= 15 is 0 Å². The summed E-state index contributed by atoms with van der Waals surface area (Å²) in [5.41, 5.74) is 4.22. The van der Waals surface area contributed by atoms with E-state index in [4.69, 9.17) is 9.84 Å². The molecule has 0 spiro atoms. The largest absolute Gasteiger partial charge is 0.495 e. The molecule has 2 heterocycles.